The summed E-state index contributed by atoms with van der Waals surface area (Å²) in [5.41, 5.74) is 0.593. The predicted molar refractivity (Wildman–Crippen MR) is 69.6 cm³/mol. The molecule has 0 fully saturated rings. The molecule has 7 heteroatoms. The Labute approximate surface area is 111 Å². The van der Waals surface area contributed by atoms with Crippen LogP contribution in [0, 0.1) is 0 Å². The van der Waals surface area contributed by atoms with Gasteiger partial charge in [0.15, 0.2) is 0 Å². The first kappa shape index (κ1) is 13.3. The summed E-state index contributed by atoms with van der Waals surface area (Å²) in [5, 5.41) is 14.6. The Morgan fingerprint density at radius 3 is 2.95 bits per heavy atom. The molecular formula is C12H18N6O. The van der Waals surface area contributed by atoms with Crippen molar-refractivity contribution in [1.29, 1.82) is 0 Å². The largest absolute Gasteiger partial charge is 0.351 e. The molecule has 2 rings (SSSR count). The molecule has 0 unspecified atom stereocenters. The highest BCUT2D eigenvalue weighted by Gasteiger charge is 2.13. The molecule has 0 saturated heterocycles. The standard InChI is InChI=1S/C12H18N6O/c1-10(2)18-11(4-6-15-18)12(19)13-5-3-8-17-9-7-14-16-17/h4,6-7,9-10H,3,5,8H2,1-2H3,(H,13,19). The molecule has 0 aromatic carbocycles. The first-order valence-electron chi connectivity index (χ1n) is 6.34. The van der Waals surface area contributed by atoms with Gasteiger partial charge in [-0.1, -0.05) is 5.21 Å². The monoisotopic (exact) mass is 262 g/mol. The van der Waals surface area contributed by atoms with Gasteiger partial charge in [0.25, 0.3) is 5.91 Å². The Morgan fingerprint density at radius 1 is 1.42 bits per heavy atom. The number of nitrogens with zero attached hydrogens (tertiary/aromatic N) is 5. The van der Waals surface area contributed by atoms with Crippen LogP contribution in [-0.4, -0.2) is 37.2 Å². The molecule has 0 aliphatic heterocycles. The smallest absolute Gasteiger partial charge is 0.269 e. The summed E-state index contributed by atoms with van der Waals surface area (Å²) in [6, 6.07) is 1.90. The summed E-state index contributed by atoms with van der Waals surface area (Å²) in [6.45, 7) is 5.33. The normalized spacial score (nSPS) is 10.9. The highest BCUT2D eigenvalue weighted by molar-refractivity contribution is 5.92. The Hall–Kier alpha value is -2.18. The van der Waals surface area contributed by atoms with Crippen molar-refractivity contribution in [3.05, 3.63) is 30.4 Å². The molecule has 2 aromatic heterocycles. The minimum atomic E-state index is -0.0928. The first-order chi connectivity index (χ1) is 9.18. The molecule has 2 heterocycles. The molecule has 0 spiro atoms. The molecule has 19 heavy (non-hydrogen) atoms. The molecule has 7 nitrogen and oxygen atoms in total. The van der Waals surface area contributed by atoms with Crippen molar-refractivity contribution in [3.63, 3.8) is 0 Å². The van der Waals surface area contributed by atoms with E-state index in [1.807, 2.05) is 13.8 Å². The van der Waals surface area contributed by atoms with Crippen molar-refractivity contribution < 1.29 is 4.79 Å². The van der Waals surface area contributed by atoms with Crippen LogP contribution in [0.2, 0.25) is 0 Å². The van der Waals surface area contributed by atoms with E-state index in [1.165, 1.54) is 0 Å². The highest BCUT2D eigenvalue weighted by atomic mass is 16.2. The predicted octanol–water partition coefficient (Wildman–Crippen LogP) is 0.876. The van der Waals surface area contributed by atoms with Gasteiger partial charge in [-0.05, 0) is 26.3 Å². The van der Waals surface area contributed by atoms with E-state index in [0.717, 1.165) is 13.0 Å². The third kappa shape index (κ3) is 3.40. The third-order valence-electron chi connectivity index (χ3n) is 2.71. The number of carbonyl (C=O) groups excluding carboxylic acids is 1. The fourth-order valence-electron chi connectivity index (χ4n) is 1.79. The van der Waals surface area contributed by atoms with Crippen LogP contribution in [-0.2, 0) is 6.54 Å². The fraction of sp³-hybridized carbons (Fsp3) is 0.500. The van der Waals surface area contributed by atoms with Crippen LogP contribution >= 0.6 is 0 Å². The summed E-state index contributed by atoms with van der Waals surface area (Å²) >= 11 is 0. The lowest BCUT2D eigenvalue weighted by Crippen LogP contribution is -2.28. The van der Waals surface area contributed by atoms with Gasteiger partial charge < -0.3 is 5.32 Å². The molecule has 0 bridgehead atoms. The minimum absolute atomic E-state index is 0.0928. The van der Waals surface area contributed by atoms with Crippen molar-refractivity contribution in [1.82, 2.24) is 30.1 Å². The number of rotatable bonds is 6. The molecule has 1 amide bonds. The Kier molecular flexibility index (Phi) is 4.27. The second kappa shape index (κ2) is 6.12. The maximum absolute atomic E-state index is 12.0. The maximum Gasteiger partial charge on any atom is 0.269 e. The van der Waals surface area contributed by atoms with E-state index in [2.05, 4.69) is 20.7 Å². The number of nitrogens with one attached hydrogen (secondary N) is 1. The van der Waals surface area contributed by atoms with Crippen molar-refractivity contribution in [2.24, 2.45) is 0 Å². The lowest BCUT2D eigenvalue weighted by molar-refractivity contribution is 0.0940. The molecular weight excluding hydrogens is 244 g/mol. The van der Waals surface area contributed by atoms with E-state index in [1.54, 1.807) is 34.0 Å². The quantitative estimate of drug-likeness (QED) is 0.784. The van der Waals surface area contributed by atoms with Crippen molar-refractivity contribution >= 4 is 5.91 Å². The number of hydrogen-bond donors (Lipinski definition) is 1. The van der Waals surface area contributed by atoms with Crippen LogP contribution < -0.4 is 5.32 Å². The Bertz CT molecular complexity index is 516. The molecule has 102 valence electrons. The highest BCUT2D eigenvalue weighted by Crippen LogP contribution is 2.07. The van der Waals surface area contributed by atoms with E-state index in [0.29, 0.717) is 12.2 Å². The summed E-state index contributed by atoms with van der Waals surface area (Å²) in [4.78, 5) is 12.0. The van der Waals surface area contributed by atoms with Gasteiger partial charge in [-0.15, -0.1) is 5.10 Å². The van der Waals surface area contributed by atoms with E-state index >= 15 is 0 Å². The number of aromatic nitrogens is 5. The van der Waals surface area contributed by atoms with Gasteiger partial charge in [-0.3, -0.25) is 14.2 Å². The summed E-state index contributed by atoms with van der Waals surface area (Å²) < 4.78 is 3.46. The Morgan fingerprint density at radius 2 is 2.26 bits per heavy atom. The van der Waals surface area contributed by atoms with Crippen LogP contribution in [0.5, 0.6) is 0 Å². The van der Waals surface area contributed by atoms with E-state index < -0.39 is 0 Å². The zero-order chi connectivity index (χ0) is 13.7. The van der Waals surface area contributed by atoms with Gasteiger partial charge >= 0.3 is 0 Å². The molecule has 0 atom stereocenters. The van der Waals surface area contributed by atoms with Gasteiger partial charge in [0.2, 0.25) is 0 Å². The van der Waals surface area contributed by atoms with Crippen LogP contribution in [0.1, 0.15) is 36.8 Å². The summed E-state index contributed by atoms with van der Waals surface area (Å²) in [5.74, 6) is -0.0928. The van der Waals surface area contributed by atoms with E-state index in [9.17, 15) is 4.79 Å². The Balaban J connectivity index is 1.79. The average Bonchev–Trinajstić information content (AvgIpc) is 3.04. The van der Waals surface area contributed by atoms with Gasteiger partial charge in [0, 0.05) is 31.5 Å². The number of amides is 1. The summed E-state index contributed by atoms with van der Waals surface area (Å²) in [7, 11) is 0. The minimum Gasteiger partial charge on any atom is -0.351 e. The fourth-order valence-corrected chi connectivity index (χ4v) is 1.79. The van der Waals surface area contributed by atoms with Crippen molar-refractivity contribution in [3.8, 4) is 0 Å². The second-order valence-electron chi connectivity index (χ2n) is 4.53. The SMILES string of the molecule is CC(C)n1nccc1C(=O)NCCCn1ccnn1. The molecule has 0 aliphatic carbocycles. The van der Waals surface area contributed by atoms with Crippen molar-refractivity contribution in [2.45, 2.75) is 32.9 Å². The molecule has 1 N–H and O–H groups in total. The first-order valence-corrected chi connectivity index (χ1v) is 6.34. The van der Waals surface area contributed by atoms with Crippen molar-refractivity contribution in [2.75, 3.05) is 6.54 Å². The average molecular weight is 262 g/mol. The van der Waals surface area contributed by atoms with Gasteiger partial charge in [-0.2, -0.15) is 5.10 Å². The molecule has 0 saturated carbocycles. The zero-order valence-corrected chi connectivity index (χ0v) is 11.2. The topological polar surface area (TPSA) is 77.6 Å². The molecule has 0 aliphatic rings. The molecule has 0 radical (unpaired) electrons. The maximum atomic E-state index is 12.0. The van der Waals surface area contributed by atoms with Gasteiger partial charge in [-0.25, -0.2) is 0 Å². The van der Waals surface area contributed by atoms with Gasteiger partial charge in [0.1, 0.15) is 5.69 Å². The van der Waals surface area contributed by atoms with Crippen LogP contribution in [0.3, 0.4) is 0 Å². The molecule has 2 aromatic rings. The lowest BCUT2D eigenvalue weighted by atomic mass is 10.3. The van der Waals surface area contributed by atoms with Crippen LogP contribution in [0.15, 0.2) is 24.7 Å². The van der Waals surface area contributed by atoms with E-state index in [4.69, 9.17) is 0 Å². The second-order valence-corrected chi connectivity index (χ2v) is 4.53. The number of hydrogen-bond acceptors (Lipinski definition) is 4. The number of aryl methyl sites for hydroxylation is 1. The summed E-state index contributed by atoms with van der Waals surface area (Å²) in [6.07, 6.45) is 5.89. The lowest BCUT2D eigenvalue weighted by Gasteiger charge is -2.10. The van der Waals surface area contributed by atoms with Gasteiger partial charge in [0.05, 0.1) is 6.20 Å². The number of carbonyl (C=O) groups is 1. The van der Waals surface area contributed by atoms with Crippen LogP contribution in [0.4, 0.5) is 0 Å². The van der Waals surface area contributed by atoms with Crippen LogP contribution in [0.25, 0.3) is 0 Å². The zero-order valence-electron chi connectivity index (χ0n) is 11.2. The van der Waals surface area contributed by atoms with E-state index in [-0.39, 0.29) is 11.9 Å². The third-order valence-corrected chi connectivity index (χ3v) is 2.71.